The highest BCUT2D eigenvalue weighted by Crippen LogP contribution is 2.73. The summed E-state index contributed by atoms with van der Waals surface area (Å²) >= 11 is 0. The molecule has 54 heavy (non-hydrogen) atoms. The number of Topliss-reactive ketones (excluding diaryl/α,β-unsaturated/α-hetero) is 1. The topological polar surface area (TPSA) is 184 Å². The maximum absolute atomic E-state index is 13.8. The molecule has 14 nitrogen and oxygen atoms in total. The lowest BCUT2D eigenvalue weighted by Crippen LogP contribution is -2.63. The van der Waals surface area contributed by atoms with Crippen molar-refractivity contribution < 1.29 is 66.7 Å². The van der Waals surface area contributed by atoms with E-state index in [9.17, 15) is 33.6 Å². The van der Waals surface area contributed by atoms with Gasteiger partial charge in [-0.2, -0.15) is 0 Å². The first-order chi connectivity index (χ1) is 25.3. The molecule has 14 heteroatoms. The molecule has 11 atom stereocenters. The number of ketones is 1. The number of ether oxygens (including phenoxy) is 7. The Morgan fingerprint density at radius 1 is 0.704 bits per heavy atom. The van der Waals surface area contributed by atoms with Crippen molar-refractivity contribution in [1.82, 2.24) is 0 Å². The van der Waals surface area contributed by atoms with Crippen molar-refractivity contribution in [1.29, 1.82) is 0 Å². The van der Waals surface area contributed by atoms with E-state index in [0.717, 1.165) is 79.1 Å². The third-order valence-electron chi connectivity index (χ3n) is 13.3. The normalized spacial score (nSPS) is 38.2. The quantitative estimate of drug-likeness (QED) is 0.137. The van der Waals surface area contributed by atoms with Crippen LogP contribution in [0, 0.1) is 33.5 Å². The molecule has 5 fully saturated rings. The Bertz CT molecular complexity index is 1490. The minimum Gasteiger partial charge on any atom is -0.465 e. The number of rotatable bonds is 13. The van der Waals surface area contributed by atoms with Crippen LogP contribution in [0.4, 0.5) is 0 Å². The molecule has 2 bridgehead atoms. The second-order valence-electron chi connectivity index (χ2n) is 17.2. The Balaban J connectivity index is 1.13. The van der Waals surface area contributed by atoms with Gasteiger partial charge in [-0.3, -0.25) is 33.6 Å². The van der Waals surface area contributed by atoms with Gasteiger partial charge in [-0.05, 0) is 93.8 Å². The number of hydrogen-bond acceptors (Lipinski definition) is 14. The molecule has 302 valence electrons. The van der Waals surface area contributed by atoms with Crippen molar-refractivity contribution in [3.8, 4) is 0 Å². The first-order valence-electron chi connectivity index (χ1n) is 19.5. The van der Waals surface area contributed by atoms with Crippen LogP contribution in [0.1, 0.15) is 132 Å². The van der Waals surface area contributed by atoms with Crippen molar-refractivity contribution >= 4 is 41.6 Å². The van der Waals surface area contributed by atoms with E-state index in [-0.39, 0.29) is 41.2 Å². The number of carbonyl (C=O) groups is 7. The SMILES string of the molecule is CC(=O)OC[C@H]1O[C@H](OC(=O)CCCCCOC(=O)[C@]2(C)CCC[C@@]3(C)[C@@H]4CC[C@@]5(C)C[C@]4(CC[C@@H]32)CC5=O)[C@@H](OC(C)=O)[C@@H](OC(C)=O)[C@@H]1OC(C)=O. The van der Waals surface area contributed by atoms with E-state index >= 15 is 0 Å². The number of fused-ring (bicyclic) bond motifs is 3. The van der Waals surface area contributed by atoms with Crippen molar-refractivity contribution in [2.24, 2.45) is 33.5 Å². The fraction of sp³-hybridized carbons (Fsp3) is 0.825. The molecular weight excluding hydrogens is 704 g/mol. The zero-order chi connectivity index (χ0) is 39.6. The minimum atomic E-state index is -1.58. The van der Waals surface area contributed by atoms with E-state index < -0.39 is 72.6 Å². The second-order valence-corrected chi connectivity index (χ2v) is 17.2. The molecule has 0 unspecified atom stereocenters. The molecule has 1 heterocycles. The maximum atomic E-state index is 13.8. The molecule has 1 saturated heterocycles. The second kappa shape index (κ2) is 16.3. The Morgan fingerprint density at radius 2 is 1.35 bits per heavy atom. The van der Waals surface area contributed by atoms with Gasteiger partial charge in [0.05, 0.1) is 12.0 Å². The summed E-state index contributed by atoms with van der Waals surface area (Å²) in [7, 11) is 0. The third kappa shape index (κ3) is 8.48. The van der Waals surface area contributed by atoms with Crippen LogP contribution in [0.5, 0.6) is 0 Å². The van der Waals surface area contributed by atoms with Gasteiger partial charge in [0.25, 0.3) is 0 Å². The van der Waals surface area contributed by atoms with E-state index in [2.05, 4.69) is 20.8 Å². The predicted octanol–water partition coefficient (Wildman–Crippen LogP) is 5.09. The summed E-state index contributed by atoms with van der Waals surface area (Å²) in [6, 6.07) is 0. The van der Waals surface area contributed by atoms with Crippen LogP contribution >= 0.6 is 0 Å². The highest BCUT2D eigenvalue weighted by Gasteiger charge is 2.68. The highest BCUT2D eigenvalue weighted by atomic mass is 16.7. The molecule has 0 aromatic rings. The van der Waals surface area contributed by atoms with Crippen molar-refractivity contribution in [2.45, 2.75) is 163 Å². The molecule has 0 aromatic carbocycles. The average Bonchev–Trinajstić information content (AvgIpc) is 3.25. The van der Waals surface area contributed by atoms with Gasteiger partial charge < -0.3 is 33.2 Å². The molecular formula is C40H58O14. The van der Waals surface area contributed by atoms with Gasteiger partial charge in [0.2, 0.25) is 12.4 Å². The van der Waals surface area contributed by atoms with Crippen LogP contribution in [0.2, 0.25) is 0 Å². The van der Waals surface area contributed by atoms with Gasteiger partial charge in [0, 0.05) is 46.0 Å². The molecule has 1 aliphatic heterocycles. The molecule has 1 spiro atoms. The predicted molar refractivity (Wildman–Crippen MR) is 188 cm³/mol. The van der Waals surface area contributed by atoms with Crippen molar-refractivity contribution in [3.05, 3.63) is 0 Å². The lowest BCUT2D eigenvalue weighted by Gasteiger charge is -2.63. The maximum Gasteiger partial charge on any atom is 0.312 e. The molecule has 5 aliphatic rings. The Hall–Kier alpha value is -3.55. The minimum absolute atomic E-state index is 0.00681. The fourth-order valence-corrected chi connectivity index (χ4v) is 11.1. The van der Waals surface area contributed by atoms with Crippen LogP contribution in [0.25, 0.3) is 0 Å². The standard InChI is InChI=1S/C40H58O14/c1-23(41)49-21-27-32(50-24(2)42)33(51-25(3)43)34(52-26(4)44)35(53-27)54-31(46)12-9-8-10-19-48-36(47)39(7)16-11-15-38(6)28(39)14-18-40-20-30(45)37(5,22-40)17-13-29(38)40/h27-29,32-35H,8-22H2,1-7H3/t27-,28+,29+,32-,33+,34+,35-,37+,38-,39-,40+/m1/s1. The lowest BCUT2D eigenvalue weighted by molar-refractivity contribution is -0.300. The fourth-order valence-electron chi connectivity index (χ4n) is 11.1. The molecule has 4 saturated carbocycles. The van der Waals surface area contributed by atoms with Crippen LogP contribution < -0.4 is 0 Å². The zero-order valence-corrected chi connectivity index (χ0v) is 32.9. The Labute approximate surface area is 317 Å². The average molecular weight is 763 g/mol. The number of hydrogen-bond donors (Lipinski definition) is 0. The highest BCUT2D eigenvalue weighted by molar-refractivity contribution is 5.88. The van der Waals surface area contributed by atoms with Gasteiger partial charge in [0.15, 0.2) is 12.2 Å². The Kier molecular flexibility index (Phi) is 12.5. The van der Waals surface area contributed by atoms with Gasteiger partial charge >= 0.3 is 35.8 Å². The van der Waals surface area contributed by atoms with Crippen LogP contribution in [-0.2, 0) is 66.7 Å². The first kappa shape index (κ1) is 41.6. The van der Waals surface area contributed by atoms with Gasteiger partial charge in [-0.25, -0.2) is 0 Å². The van der Waals surface area contributed by atoms with Crippen LogP contribution in [0.15, 0.2) is 0 Å². The zero-order valence-electron chi connectivity index (χ0n) is 32.9. The molecule has 0 radical (unpaired) electrons. The van der Waals surface area contributed by atoms with E-state index in [1.54, 1.807) is 0 Å². The molecule has 0 amide bonds. The smallest absolute Gasteiger partial charge is 0.312 e. The number of esters is 6. The lowest BCUT2D eigenvalue weighted by atomic mass is 9.40. The summed E-state index contributed by atoms with van der Waals surface area (Å²) in [5, 5.41) is 0. The van der Waals surface area contributed by atoms with Crippen LogP contribution in [-0.4, -0.2) is 85.5 Å². The monoisotopic (exact) mass is 762 g/mol. The van der Waals surface area contributed by atoms with Crippen LogP contribution in [0.3, 0.4) is 0 Å². The van der Waals surface area contributed by atoms with Gasteiger partial charge in [-0.15, -0.1) is 0 Å². The van der Waals surface area contributed by atoms with Crippen molar-refractivity contribution in [3.63, 3.8) is 0 Å². The summed E-state index contributed by atoms with van der Waals surface area (Å²) in [6.07, 6.45) is 2.73. The van der Waals surface area contributed by atoms with Crippen molar-refractivity contribution in [2.75, 3.05) is 13.2 Å². The summed E-state index contributed by atoms with van der Waals surface area (Å²) in [5.74, 6) is -2.83. The van der Waals surface area contributed by atoms with E-state index in [0.29, 0.717) is 37.4 Å². The summed E-state index contributed by atoms with van der Waals surface area (Å²) in [5.41, 5.74) is -0.701. The number of carbonyl (C=O) groups excluding carboxylic acids is 7. The van der Waals surface area contributed by atoms with Gasteiger partial charge in [0.1, 0.15) is 18.5 Å². The Morgan fingerprint density at radius 3 is 2.02 bits per heavy atom. The van der Waals surface area contributed by atoms with E-state index in [1.807, 2.05) is 0 Å². The number of unbranched alkanes of at least 4 members (excludes halogenated alkanes) is 2. The summed E-state index contributed by atoms with van der Waals surface area (Å²) in [6.45, 7) is 10.9. The largest absolute Gasteiger partial charge is 0.465 e. The van der Waals surface area contributed by atoms with E-state index in [4.69, 9.17) is 33.2 Å². The summed E-state index contributed by atoms with van der Waals surface area (Å²) < 4.78 is 38.5. The molecule has 5 rings (SSSR count). The van der Waals surface area contributed by atoms with E-state index in [1.165, 1.54) is 0 Å². The third-order valence-corrected chi connectivity index (χ3v) is 13.3. The summed E-state index contributed by atoms with van der Waals surface area (Å²) in [4.78, 5) is 87.5. The molecule has 4 aliphatic carbocycles. The first-order valence-corrected chi connectivity index (χ1v) is 19.5. The molecule has 0 N–H and O–H groups in total. The van der Waals surface area contributed by atoms with Gasteiger partial charge in [-0.1, -0.05) is 20.3 Å². The molecule has 0 aromatic heterocycles.